The van der Waals surface area contributed by atoms with Crippen LogP contribution in [-0.2, 0) is 7.05 Å². The summed E-state index contributed by atoms with van der Waals surface area (Å²) in [6.07, 6.45) is 4.87. The predicted octanol–water partition coefficient (Wildman–Crippen LogP) is 3.51. The molecule has 0 bridgehead atoms. The summed E-state index contributed by atoms with van der Waals surface area (Å²) in [4.78, 5) is 9.12. The number of rotatable bonds is 3. The van der Waals surface area contributed by atoms with E-state index in [2.05, 4.69) is 10.1 Å². The molecule has 2 heterocycles. The third-order valence-corrected chi connectivity index (χ3v) is 4.27. The highest BCUT2D eigenvalue weighted by molar-refractivity contribution is 6.29. The minimum atomic E-state index is 0.479. The lowest BCUT2D eigenvalue weighted by Gasteiger charge is -2.11. The molecular weight excluding hydrogens is 288 g/mol. The van der Waals surface area contributed by atoms with Crippen LogP contribution in [0.4, 0.5) is 0 Å². The first kappa shape index (κ1) is 14.3. The number of aromatic nitrogens is 4. The molecule has 0 aliphatic heterocycles. The molecule has 1 aliphatic carbocycles. The van der Waals surface area contributed by atoms with Crippen molar-refractivity contribution in [2.24, 2.45) is 7.05 Å². The smallest absolute Gasteiger partial charge is 0.222 e. The molecule has 0 saturated heterocycles. The van der Waals surface area contributed by atoms with Crippen LogP contribution in [0.1, 0.15) is 43.0 Å². The first-order chi connectivity index (χ1) is 10.1. The van der Waals surface area contributed by atoms with Crippen molar-refractivity contribution in [1.29, 1.82) is 0 Å². The monoisotopic (exact) mass is 306 g/mol. The van der Waals surface area contributed by atoms with Crippen molar-refractivity contribution in [2.45, 2.75) is 38.5 Å². The largest absolute Gasteiger partial charge is 0.481 e. The molecule has 0 unspecified atom stereocenters. The van der Waals surface area contributed by atoms with E-state index in [-0.39, 0.29) is 0 Å². The summed E-state index contributed by atoms with van der Waals surface area (Å²) in [7, 11) is 3.47. The number of hydrogen-bond acceptors (Lipinski definition) is 4. The second-order valence-corrected chi connectivity index (χ2v) is 5.90. The highest BCUT2D eigenvalue weighted by atomic mass is 35.5. The Morgan fingerprint density at radius 3 is 2.67 bits per heavy atom. The molecule has 6 heteroatoms. The van der Waals surface area contributed by atoms with E-state index in [9.17, 15) is 0 Å². The zero-order valence-electron chi connectivity index (χ0n) is 12.6. The first-order valence-electron chi connectivity index (χ1n) is 7.22. The van der Waals surface area contributed by atoms with Gasteiger partial charge in [-0.25, -0.2) is 14.6 Å². The molecule has 21 heavy (non-hydrogen) atoms. The van der Waals surface area contributed by atoms with E-state index >= 15 is 0 Å². The summed E-state index contributed by atoms with van der Waals surface area (Å²) in [5.74, 6) is 1.76. The molecule has 0 spiro atoms. The number of aryl methyl sites for hydroxylation is 2. The van der Waals surface area contributed by atoms with Gasteiger partial charge in [-0.1, -0.05) is 24.4 Å². The maximum atomic E-state index is 6.21. The van der Waals surface area contributed by atoms with Gasteiger partial charge in [-0.05, 0) is 25.8 Å². The molecule has 2 aromatic rings. The maximum absolute atomic E-state index is 6.21. The van der Waals surface area contributed by atoms with Crippen molar-refractivity contribution in [3.63, 3.8) is 0 Å². The van der Waals surface area contributed by atoms with Gasteiger partial charge in [0.2, 0.25) is 5.88 Å². The maximum Gasteiger partial charge on any atom is 0.222 e. The Balaban J connectivity index is 2.10. The minimum absolute atomic E-state index is 0.479. The highest BCUT2D eigenvalue weighted by Gasteiger charge is 2.23. The standard InChI is InChI=1S/C15H19ClN4O/c1-9-13(15(21-3)20(2)19-9)14-17-11(8-12(16)18-14)10-6-4-5-7-10/h8,10H,4-7H2,1-3H3. The van der Waals surface area contributed by atoms with Gasteiger partial charge in [0.25, 0.3) is 0 Å². The van der Waals surface area contributed by atoms with Crippen molar-refractivity contribution in [3.8, 4) is 17.3 Å². The van der Waals surface area contributed by atoms with Gasteiger partial charge < -0.3 is 4.74 Å². The first-order valence-corrected chi connectivity index (χ1v) is 7.60. The van der Waals surface area contributed by atoms with Crippen LogP contribution in [0.25, 0.3) is 11.4 Å². The van der Waals surface area contributed by atoms with Crippen LogP contribution in [0, 0.1) is 6.92 Å². The van der Waals surface area contributed by atoms with Crippen LogP contribution in [0.15, 0.2) is 6.07 Å². The fourth-order valence-electron chi connectivity index (χ4n) is 3.11. The fraction of sp³-hybridized carbons (Fsp3) is 0.533. The summed E-state index contributed by atoms with van der Waals surface area (Å²) >= 11 is 6.21. The van der Waals surface area contributed by atoms with Gasteiger partial charge in [0.15, 0.2) is 5.82 Å². The van der Waals surface area contributed by atoms with E-state index in [0.717, 1.165) is 17.0 Å². The Hall–Kier alpha value is -1.62. The van der Waals surface area contributed by atoms with E-state index < -0.39 is 0 Å². The molecule has 1 saturated carbocycles. The average molecular weight is 307 g/mol. The van der Waals surface area contributed by atoms with Gasteiger partial charge in [-0.15, -0.1) is 0 Å². The zero-order valence-corrected chi connectivity index (χ0v) is 13.3. The van der Waals surface area contributed by atoms with E-state index in [1.807, 2.05) is 20.0 Å². The molecule has 3 rings (SSSR count). The van der Waals surface area contributed by atoms with Gasteiger partial charge >= 0.3 is 0 Å². The summed E-state index contributed by atoms with van der Waals surface area (Å²) in [5.41, 5.74) is 2.70. The summed E-state index contributed by atoms with van der Waals surface area (Å²) in [6, 6.07) is 1.89. The third-order valence-electron chi connectivity index (χ3n) is 4.07. The Morgan fingerprint density at radius 1 is 1.29 bits per heavy atom. The Kier molecular flexibility index (Phi) is 3.85. The summed E-state index contributed by atoms with van der Waals surface area (Å²) < 4.78 is 7.13. The van der Waals surface area contributed by atoms with Gasteiger partial charge in [0.1, 0.15) is 10.7 Å². The number of hydrogen-bond donors (Lipinski definition) is 0. The Bertz CT molecular complexity index is 662. The molecule has 1 aliphatic rings. The SMILES string of the molecule is COc1c(-c2nc(Cl)cc(C3CCCC3)n2)c(C)nn1C. The topological polar surface area (TPSA) is 52.8 Å². The predicted molar refractivity (Wildman–Crippen MR) is 81.7 cm³/mol. The number of methoxy groups -OCH3 is 1. The van der Waals surface area contributed by atoms with Crippen molar-refractivity contribution in [2.75, 3.05) is 7.11 Å². The van der Waals surface area contributed by atoms with Crippen LogP contribution < -0.4 is 4.74 Å². The second-order valence-electron chi connectivity index (χ2n) is 5.51. The molecule has 0 aromatic carbocycles. The van der Waals surface area contributed by atoms with Crippen LogP contribution in [0.5, 0.6) is 5.88 Å². The van der Waals surface area contributed by atoms with Crippen molar-refractivity contribution < 1.29 is 4.74 Å². The van der Waals surface area contributed by atoms with Gasteiger partial charge in [-0.3, -0.25) is 0 Å². The summed E-state index contributed by atoms with van der Waals surface area (Å²) in [5, 5.41) is 4.86. The number of ether oxygens (including phenoxy) is 1. The zero-order chi connectivity index (χ0) is 15.0. The Labute approximate surface area is 129 Å². The van der Waals surface area contributed by atoms with Crippen molar-refractivity contribution in [1.82, 2.24) is 19.7 Å². The number of halogens is 1. The molecule has 0 radical (unpaired) electrons. The fourth-order valence-corrected chi connectivity index (χ4v) is 3.30. The van der Waals surface area contributed by atoms with Crippen LogP contribution in [-0.4, -0.2) is 26.9 Å². The molecule has 112 valence electrons. The lowest BCUT2D eigenvalue weighted by atomic mass is 10.0. The third kappa shape index (κ3) is 2.62. The molecule has 5 nitrogen and oxygen atoms in total. The Morgan fingerprint density at radius 2 is 2.00 bits per heavy atom. The molecular formula is C15H19ClN4O. The quantitative estimate of drug-likeness (QED) is 0.814. The van der Waals surface area contributed by atoms with E-state index in [1.54, 1.807) is 11.8 Å². The van der Waals surface area contributed by atoms with Crippen molar-refractivity contribution in [3.05, 3.63) is 22.6 Å². The second kappa shape index (κ2) is 5.64. The average Bonchev–Trinajstić information content (AvgIpc) is 3.05. The molecule has 0 amide bonds. The van der Waals surface area contributed by atoms with Gasteiger partial charge in [0, 0.05) is 18.7 Å². The van der Waals surface area contributed by atoms with Gasteiger partial charge in [0.05, 0.1) is 12.8 Å². The van der Waals surface area contributed by atoms with Crippen LogP contribution in [0.2, 0.25) is 5.15 Å². The minimum Gasteiger partial charge on any atom is -0.481 e. The lowest BCUT2D eigenvalue weighted by molar-refractivity contribution is 0.374. The van der Waals surface area contributed by atoms with Gasteiger partial charge in [-0.2, -0.15) is 5.10 Å². The summed E-state index contributed by atoms with van der Waals surface area (Å²) in [6.45, 7) is 1.93. The van der Waals surface area contributed by atoms with Crippen LogP contribution >= 0.6 is 11.6 Å². The normalized spacial score (nSPS) is 15.6. The highest BCUT2D eigenvalue weighted by Crippen LogP contribution is 2.36. The molecule has 2 aromatic heterocycles. The van der Waals surface area contributed by atoms with Crippen LogP contribution in [0.3, 0.4) is 0 Å². The molecule has 0 N–H and O–H groups in total. The lowest BCUT2D eigenvalue weighted by Crippen LogP contribution is -2.02. The number of nitrogens with zero attached hydrogens (tertiary/aromatic N) is 4. The molecule has 0 atom stereocenters. The molecule has 1 fully saturated rings. The van der Waals surface area contributed by atoms with E-state index in [4.69, 9.17) is 21.3 Å². The van der Waals surface area contributed by atoms with Crippen molar-refractivity contribution >= 4 is 11.6 Å². The van der Waals surface area contributed by atoms with E-state index in [1.165, 1.54) is 25.7 Å². The van der Waals surface area contributed by atoms with E-state index in [0.29, 0.717) is 22.8 Å².